The first kappa shape index (κ1) is 33.3. The van der Waals surface area contributed by atoms with Crippen LogP contribution in [0.1, 0.15) is 136 Å². The van der Waals surface area contributed by atoms with Gasteiger partial charge in [-0.2, -0.15) is 0 Å². The summed E-state index contributed by atoms with van der Waals surface area (Å²) in [4.78, 5) is 20.5. The molecule has 0 aliphatic heterocycles. The molecule has 0 bridgehead atoms. The Morgan fingerprint density at radius 1 is 0.515 bits per heavy atom. The van der Waals surface area contributed by atoms with Crippen molar-refractivity contribution in [2.45, 2.75) is 136 Å². The van der Waals surface area contributed by atoms with Crippen LogP contribution in [0.3, 0.4) is 0 Å². The minimum Gasteiger partial charge on any atom is -0.481 e. The maximum atomic E-state index is 10.3. The third-order valence-corrected chi connectivity index (χ3v) is 5.29. The van der Waals surface area contributed by atoms with E-state index in [0.717, 1.165) is 57.8 Å². The summed E-state index contributed by atoms with van der Waals surface area (Å²) in [6.45, 7) is 4.36. The number of carboxylic acid groups (broad SMARTS) is 2. The SMILES string of the molecule is CCC=CCC=CCC=CCCCCCCCC(=O)O.CCCCCCCCCCC(=O)O. The van der Waals surface area contributed by atoms with Crippen molar-refractivity contribution in [1.82, 2.24) is 0 Å². The Hall–Kier alpha value is -1.84. The van der Waals surface area contributed by atoms with Crippen molar-refractivity contribution in [1.29, 1.82) is 0 Å². The quantitative estimate of drug-likeness (QED) is 0.124. The highest BCUT2D eigenvalue weighted by molar-refractivity contribution is 5.66. The summed E-state index contributed by atoms with van der Waals surface area (Å²) in [5, 5.41) is 16.9. The molecule has 0 saturated heterocycles. The standard InChI is InChI=1S/C18H30O2.C11H22O2/c1-2-3-4-5-6-7-8-9-10-11-12-13-14-15-16-17-18(19)20;1-2-3-4-5-6-7-8-9-10-11(12)13/h3-4,6-7,9-10H,2,5,8,11-17H2,1H3,(H,19,20);2-10H2,1H3,(H,12,13). The molecule has 0 aromatic rings. The van der Waals surface area contributed by atoms with E-state index in [1.807, 2.05) is 0 Å². The van der Waals surface area contributed by atoms with Gasteiger partial charge in [-0.1, -0.05) is 115 Å². The van der Waals surface area contributed by atoms with Crippen molar-refractivity contribution < 1.29 is 19.8 Å². The smallest absolute Gasteiger partial charge is 0.303 e. The Kier molecular flexibility index (Phi) is 30.5. The van der Waals surface area contributed by atoms with E-state index >= 15 is 0 Å². The fraction of sp³-hybridized carbons (Fsp3) is 0.724. The van der Waals surface area contributed by atoms with Gasteiger partial charge in [-0.15, -0.1) is 0 Å². The van der Waals surface area contributed by atoms with E-state index in [2.05, 4.69) is 50.3 Å². The summed E-state index contributed by atoms with van der Waals surface area (Å²) < 4.78 is 0. The van der Waals surface area contributed by atoms with Crippen molar-refractivity contribution in [3.8, 4) is 0 Å². The number of hydrogen-bond donors (Lipinski definition) is 2. The Labute approximate surface area is 204 Å². The van der Waals surface area contributed by atoms with Crippen LogP contribution in [0.2, 0.25) is 0 Å². The molecule has 0 atom stereocenters. The predicted molar refractivity (Wildman–Crippen MR) is 142 cm³/mol. The largest absolute Gasteiger partial charge is 0.481 e. The molecular weight excluding hydrogens is 412 g/mol. The lowest BCUT2D eigenvalue weighted by Crippen LogP contribution is -1.93. The van der Waals surface area contributed by atoms with Gasteiger partial charge in [-0.05, 0) is 44.9 Å². The average Bonchev–Trinajstić information content (AvgIpc) is 2.78. The molecular formula is C29H52O4. The molecule has 0 aliphatic rings. The molecule has 0 aliphatic carbocycles. The van der Waals surface area contributed by atoms with Crippen LogP contribution in [0.4, 0.5) is 0 Å². The van der Waals surface area contributed by atoms with Crippen LogP contribution in [0.15, 0.2) is 36.5 Å². The second kappa shape index (κ2) is 30.2. The van der Waals surface area contributed by atoms with E-state index in [1.165, 1.54) is 51.4 Å². The Balaban J connectivity index is 0. The summed E-state index contributed by atoms with van der Waals surface area (Å²) in [6.07, 6.45) is 33.4. The number of hydrogen-bond acceptors (Lipinski definition) is 2. The molecule has 4 nitrogen and oxygen atoms in total. The van der Waals surface area contributed by atoms with Gasteiger partial charge >= 0.3 is 11.9 Å². The lowest BCUT2D eigenvalue weighted by Gasteiger charge is -1.99. The van der Waals surface area contributed by atoms with E-state index in [-0.39, 0.29) is 0 Å². The van der Waals surface area contributed by atoms with E-state index in [1.54, 1.807) is 0 Å². The van der Waals surface area contributed by atoms with Crippen molar-refractivity contribution >= 4 is 11.9 Å². The third-order valence-electron chi connectivity index (χ3n) is 5.29. The fourth-order valence-corrected chi connectivity index (χ4v) is 3.31. The number of carboxylic acids is 2. The lowest BCUT2D eigenvalue weighted by molar-refractivity contribution is -0.138. The van der Waals surface area contributed by atoms with E-state index < -0.39 is 11.9 Å². The van der Waals surface area contributed by atoms with Crippen LogP contribution in [0.5, 0.6) is 0 Å². The fourth-order valence-electron chi connectivity index (χ4n) is 3.31. The molecule has 0 rings (SSSR count). The summed E-state index contributed by atoms with van der Waals surface area (Å²) in [7, 11) is 0. The van der Waals surface area contributed by atoms with E-state index in [0.29, 0.717) is 12.8 Å². The maximum Gasteiger partial charge on any atom is 0.303 e. The normalized spacial score (nSPS) is 11.3. The first-order valence-corrected chi connectivity index (χ1v) is 13.4. The molecule has 0 saturated carbocycles. The van der Waals surface area contributed by atoms with Crippen LogP contribution in [-0.2, 0) is 9.59 Å². The molecule has 0 aromatic heterocycles. The molecule has 0 unspecified atom stereocenters. The molecule has 0 fully saturated rings. The predicted octanol–water partition coefficient (Wildman–Crippen LogP) is 9.26. The zero-order valence-electron chi connectivity index (χ0n) is 21.6. The number of rotatable bonds is 22. The van der Waals surface area contributed by atoms with Crippen molar-refractivity contribution in [2.75, 3.05) is 0 Å². The number of aliphatic carboxylic acids is 2. The Bertz CT molecular complexity index is 506. The average molecular weight is 465 g/mol. The van der Waals surface area contributed by atoms with Crippen LogP contribution in [0.25, 0.3) is 0 Å². The molecule has 2 N–H and O–H groups in total. The van der Waals surface area contributed by atoms with Gasteiger partial charge in [0.15, 0.2) is 0 Å². The van der Waals surface area contributed by atoms with Gasteiger partial charge in [0, 0.05) is 12.8 Å². The van der Waals surface area contributed by atoms with Gasteiger partial charge in [0.2, 0.25) is 0 Å². The molecule has 192 valence electrons. The topological polar surface area (TPSA) is 74.6 Å². The van der Waals surface area contributed by atoms with E-state index in [4.69, 9.17) is 10.2 Å². The highest BCUT2D eigenvalue weighted by atomic mass is 16.4. The first-order chi connectivity index (χ1) is 16.0. The van der Waals surface area contributed by atoms with Gasteiger partial charge < -0.3 is 10.2 Å². The van der Waals surface area contributed by atoms with Crippen LogP contribution in [0, 0.1) is 0 Å². The highest BCUT2D eigenvalue weighted by Crippen LogP contribution is 2.09. The molecule has 0 spiro atoms. The monoisotopic (exact) mass is 464 g/mol. The summed E-state index contributed by atoms with van der Waals surface area (Å²) in [5.41, 5.74) is 0. The van der Waals surface area contributed by atoms with Gasteiger partial charge in [-0.3, -0.25) is 9.59 Å². The Morgan fingerprint density at radius 2 is 0.909 bits per heavy atom. The summed E-state index contributed by atoms with van der Waals surface area (Å²) >= 11 is 0. The molecule has 0 radical (unpaired) electrons. The maximum absolute atomic E-state index is 10.3. The molecule has 4 heteroatoms. The van der Waals surface area contributed by atoms with Gasteiger partial charge in [0.05, 0.1) is 0 Å². The molecule has 33 heavy (non-hydrogen) atoms. The van der Waals surface area contributed by atoms with Gasteiger partial charge in [-0.25, -0.2) is 0 Å². The number of carbonyl (C=O) groups is 2. The second-order valence-corrected chi connectivity index (χ2v) is 8.61. The van der Waals surface area contributed by atoms with Gasteiger partial charge in [0.25, 0.3) is 0 Å². The third kappa shape index (κ3) is 37.8. The van der Waals surface area contributed by atoms with Crippen molar-refractivity contribution in [3.63, 3.8) is 0 Å². The van der Waals surface area contributed by atoms with Crippen LogP contribution in [-0.4, -0.2) is 22.2 Å². The van der Waals surface area contributed by atoms with Gasteiger partial charge in [0.1, 0.15) is 0 Å². The van der Waals surface area contributed by atoms with Crippen LogP contribution >= 0.6 is 0 Å². The second-order valence-electron chi connectivity index (χ2n) is 8.61. The number of unbranched alkanes of at least 4 members (excludes halogenated alkanes) is 12. The van der Waals surface area contributed by atoms with Crippen molar-refractivity contribution in [3.05, 3.63) is 36.5 Å². The van der Waals surface area contributed by atoms with E-state index in [9.17, 15) is 9.59 Å². The highest BCUT2D eigenvalue weighted by Gasteiger charge is 1.96. The lowest BCUT2D eigenvalue weighted by atomic mass is 10.1. The van der Waals surface area contributed by atoms with Crippen LogP contribution < -0.4 is 0 Å². The molecule has 0 heterocycles. The number of allylic oxidation sites excluding steroid dienone is 6. The zero-order valence-corrected chi connectivity index (χ0v) is 21.6. The molecule has 0 amide bonds. The Morgan fingerprint density at radius 3 is 1.36 bits per heavy atom. The zero-order chi connectivity index (χ0) is 24.8. The van der Waals surface area contributed by atoms with Crippen molar-refractivity contribution in [2.24, 2.45) is 0 Å². The summed E-state index contributed by atoms with van der Waals surface area (Å²) in [6, 6.07) is 0. The minimum absolute atomic E-state index is 0.319. The first-order valence-electron chi connectivity index (χ1n) is 13.4. The summed E-state index contributed by atoms with van der Waals surface area (Å²) in [5.74, 6) is -1.34. The molecule has 0 aromatic carbocycles. The minimum atomic E-state index is -0.675.